The first-order valence-corrected chi connectivity index (χ1v) is 5.02. The Bertz CT molecular complexity index is 412. The van der Waals surface area contributed by atoms with Crippen LogP contribution in [0.4, 0.5) is 0 Å². The van der Waals surface area contributed by atoms with Gasteiger partial charge in [0.2, 0.25) is 5.91 Å². The molecule has 2 rings (SSSR count). The molecule has 0 N–H and O–H groups in total. The van der Waals surface area contributed by atoms with E-state index in [-0.39, 0.29) is 5.91 Å². The summed E-state index contributed by atoms with van der Waals surface area (Å²) in [6.07, 6.45) is 0.511. The minimum atomic E-state index is 0.187. The molecule has 0 saturated carbocycles. The van der Waals surface area contributed by atoms with E-state index in [1.54, 1.807) is 12.0 Å². The third kappa shape index (κ3) is 1.69. The van der Waals surface area contributed by atoms with Crippen molar-refractivity contribution in [3.05, 3.63) is 28.8 Å². The molecule has 1 aromatic carbocycles. The van der Waals surface area contributed by atoms with E-state index >= 15 is 0 Å². The van der Waals surface area contributed by atoms with Gasteiger partial charge >= 0.3 is 0 Å². The lowest BCUT2D eigenvalue weighted by Crippen LogP contribution is -2.32. The Morgan fingerprint density at radius 1 is 1.33 bits per heavy atom. The number of hydrogen-bond acceptors (Lipinski definition) is 2. The number of fused-ring (bicyclic) bond motifs is 1. The second-order valence-electron chi connectivity index (χ2n) is 4.02. The highest BCUT2D eigenvalue weighted by molar-refractivity contribution is 5.80. The topological polar surface area (TPSA) is 29.5 Å². The third-order valence-corrected chi connectivity index (χ3v) is 2.89. The molecule has 15 heavy (non-hydrogen) atoms. The molecule has 1 aliphatic rings. The maximum absolute atomic E-state index is 11.5. The summed E-state index contributed by atoms with van der Waals surface area (Å²) >= 11 is 0. The molecule has 0 unspecified atom stereocenters. The van der Waals surface area contributed by atoms with Crippen molar-refractivity contribution < 1.29 is 9.53 Å². The van der Waals surface area contributed by atoms with Gasteiger partial charge in [-0.15, -0.1) is 0 Å². The lowest BCUT2D eigenvalue weighted by Gasteiger charge is -2.25. The Kier molecular flexibility index (Phi) is 2.39. The van der Waals surface area contributed by atoms with E-state index in [1.165, 1.54) is 5.56 Å². The number of benzene rings is 1. The molecule has 0 aromatic heterocycles. The van der Waals surface area contributed by atoms with Crippen LogP contribution in [-0.4, -0.2) is 25.0 Å². The molecule has 0 fully saturated rings. The standard InChI is InChI=1S/C12H15NO2/c1-8-4-9-6-12(14)13(2)7-10(9)5-11(8)15-3/h4-5H,6-7H2,1-3H3. The third-order valence-electron chi connectivity index (χ3n) is 2.89. The molecular formula is C12H15NO2. The molecule has 80 valence electrons. The molecule has 0 aliphatic carbocycles. The summed E-state index contributed by atoms with van der Waals surface area (Å²) in [5, 5.41) is 0. The molecule has 0 spiro atoms. The fraction of sp³-hybridized carbons (Fsp3) is 0.417. The second kappa shape index (κ2) is 3.57. The van der Waals surface area contributed by atoms with Crippen LogP contribution in [0.1, 0.15) is 16.7 Å². The van der Waals surface area contributed by atoms with Crippen molar-refractivity contribution in [2.45, 2.75) is 19.9 Å². The quantitative estimate of drug-likeness (QED) is 0.695. The number of methoxy groups -OCH3 is 1. The number of ether oxygens (including phenoxy) is 1. The van der Waals surface area contributed by atoms with E-state index in [0.717, 1.165) is 16.9 Å². The Morgan fingerprint density at radius 3 is 2.73 bits per heavy atom. The first-order chi connectivity index (χ1) is 7.11. The second-order valence-corrected chi connectivity index (χ2v) is 4.02. The van der Waals surface area contributed by atoms with Gasteiger partial charge in [0.15, 0.2) is 0 Å². The fourth-order valence-corrected chi connectivity index (χ4v) is 1.96. The summed E-state index contributed by atoms with van der Waals surface area (Å²) in [4.78, 5) is 13.3. The predicted molar refractivity (Wildman–Crippen MR) is 57.9 cm³/mol. The van der Waals surface area contributed by atoms with E-state index in [9.17, 15) is 4.79 Å². The average Bonchev–Trinajstić information content (AvgIpc) is 2.20. The normalized spacial score (nSPS) is 15.1. The van der Waals surface area contributed by atoms with Crippen LogP contribution in [0.5, 0.6) is 5.75 Å². The number of nitrogens with zero attached hydrogens (tertiary/aromatic N) is 1. The summed E-state index contributed by atoms with van der Waals surface area (Å²) in [7, 11) is 3.50. The molecular weight excluding hydrogens is 190 g/mol. The Labute approximate surface area is 89.7 Å². The first-order valence-electron chi connectivity index (χ1n) is 5.02. The lowest BCUT2D eigenvalue weighted by molar-refractivity contribution is -0.130. The van der Waals surface area contributed by atoms with Gasteiger partial charge in [0.05, 0.1) is 13.5 Å². The van der Waals surface area contributed by atoms with E-state index in [1.807, 2.05) is 20.0 Å². The molecule has 1 amide bonds. The van der Waals surface area contributed by atoms with Crippen LogP contribution in [0.15, 0.2) is 12.1 Å². The number of carbonyl (C=O) groups is 1. The highest BCUT2D eigenvalue weighted by Crippen LogP contribution is 2.27. The van der Waals surface area contributed by atoms with Crippen molar-refractivity contribution in [3.8, 4) is 5.75 Å². The smallest absolute Gasteiger partial charge is 0.227 e. The van der Waals surface area contributed by atoms with Gasteiger partial charge in [0.25, 0.3) is 0 Å². The Balaban J connectivity index is 2.45. The van der Waals surface area contributed by atoms with E-state index < -0.39 is 0 Å². The van der Waals surface area contributed by atoms with Gasteiger partial charge in [-0.1, -0.05) is 6.07 Å². The minimum absolute atomic E-state index is 0.187. The van der Waals surface area contributed by atoms with Crippen LogP contribution in [0.25, 0.3) is 0 Å². The van der Waals surface area contributed by atoms with E-state index in [4.69, 9.17) is 4.74 Å². The summed E-state index contributed by atoms with van der Waals surface area (Å²) in [5.74, 6) is 1.09. The van der Waals surface area contributed by atoms with Gasteiger partial charge in [-0.05, 0) is 29.7 Å². The van der Waals surface area contributed by atoms with Gasteiger partial charge in [-0.3, -0.25) is 4.79 Å². The van der Waals surface area contributed by atoms with Crippen molar-refractivity contribution in [1.29, 1.82) is 0 Å². The number of carbonyl (C=O) groups excluding carboxylic acids is 1. The molecule has 1 aliphatic heterocycles. The maximum atomic E-state index is 11.5. The number of hydrogen-bond donors (Lipinski definition) is 0. The lowest BCUT2D eigenvalue weighted by atomic mass is 9.97. The van der Waals surface area contributed by atoms with Crippen molar-refractivity contribution >= 4 is 5.91 Å². The van der Waals surface area contributed by atoms with Gasteiger partial charge in [0.1, 0.15) is 5.75 Å². The number of rotatable bonds is 1. The summed E-state index contributed by atoms with van der Waals surface area (Å²) < 4.78 is 5.27. The van der Waals surface area contributed by atoms with Crippen molar-refractivity contribution in [2.24, 2.45) is 0 Å². The molecule has 1 aromatic rings. The van der Waals surface area contributed by atoms with Crippen LogP contribution in [-0.2, 0) is 17.8 Å². The number of likely N-dealkylation sites (N-methyl/N-ethyl adjacent to an activating group) is 1. The van der Waals surface area contributed by atoms with Gasteiger partial charge < -0.3 is 9.64 Å². The largest absolute Gasteiger partial charge is 0.496 e. The highest BCUT2D eigenvalue weighted by atomic mass is 16.5. The molecule has 0 radical (unpaired) electrons. The first kappa shape index (κ1) is 10.0. The highest BCUT2D eigenvalue weighted by Gasteiger charge is 2.20. The monoisotopic (exact) mass is 205 g/mol. The van der Waals surface area contributed by atoms with Gasteiger partial charge in [-0.2, -0.15) is 0 Å². The molecule has 0 bridgehead atoms. The molecule has 0 atom stereocenters. The zero-order valence-electron chi connectivity index (χ0n) is 9.33. The SMILES string of the molecule is COc1cc2c(cc1C)CC(=O)N(C)C2. The summed E-state index contributed by atoms with van der Waals surface area (Å²) in [6, 6.07) is 4.09. The van der Waals surface area contributed by atoms with Crippen molar-refractivity contribution in [1.82, 2.24) is 4.90 Å². The van der Waals surface area contributed by atoms with Crippen LogP contribution in [0, 0.1) is 6.92 Å². The van der Waals surface area contributed by atoms with E-state index in [0.29, 0.717) is 13.0 Å². The van der Waals surface area contributed by atoms with Gasteiger partial charge in [0, 0.05) is 13.6 Å². The van der Waals surface area contributed by atoms with E-state index in [2.05, 4.69) is 6.07 Å². The molecule has 3 nitrogen and oxygen atoms in total. The van der Waals surface area contributed by atoms with Crippen LogP contribution >= 0.6 is 0 Å². The summed E-state index contributed by atoms with van der Waals surface area (Å²) in [6.45, 7) is 2.69. The van der Waals surface area contributed by atoms with Crippen molar-refractivity contribution in [2.75, 3.05) is 14.2 Å². The Morgan fingerprint density at radius 2 is 2.07 bits per heavy atom. The average molecular weight is 205 g/mol. The number of aryl methyl sites for hydroxylation is 1. The van der Waals surface area contributed by atoms with Crippen LogP contribution in [0.2, 0.25) is 0 Å². The molecule has 1 heterocycles. The van der Waals surface area contributed by atoms with Crippen molar-refractivity contribution in [3.63, 3.8) is 0 Å². The van der Waals surface area contributed by atoms with Crippen LogP contribution in [0.3, 0.4) is 0 Å². The Hall–Kier alpha value is -1.51. The minimum Gasteiger partial charge on any atom is -0.496 e. The fourth-order valence-electron chi connectivity index (χ4n) is 1.96. The van der Waals surface area contributed by atoms with Gasteiger partial charge in [-0.25, -0.2) is 0 Å². The zero-order chi connectivity index (χ0) is 11.0. The predicted octanol–water partition coefficient (Wildman–Crippen LogP) is 1.52. The zero-order valence-corrected chi connectivity index (χ0v) is 9.33. The van der Waals surface area contributed by atoms with Crippen LogP contribution < -0.4 is 4.74 Å². The molecule has 3 heteroatoms. The molecule has 0 saturated heterocycles. The maximum Gasteiger partial charge on any atom is 0.227 e. The number of amides is 1. The summed E-state index contributed by atoms with van der Waals surface area (Å²) in [5.41, 5.74) is 3.42.